The van der Waals surface area contributed by atoms with E-state index in [0.717, 1.165) is 6.42 Å². The van der Waals surface area contributed by atoms with Gasteiger partial charge in [0.05, 0.1) is 24.9 Å². The molecule has 6 heteroatoms. The summed E-state index contributed by atoms with van der Waals surface area (Å²) in [4.78, 5) is 19.4. The number of carbonyl (C=O) groups is 1. The zero-order chi connectivity index (χ0) is 15.0. The van der Waals surface area contributed by atoms with E-state index in [1.807, 2.05) is 20.8 Å². The number of ether oxygens (including phenoxy) is 1. The average molecular weight is 281 g/mol. The van der Waals surface area contributed by atoms with E-state index < -0.39 is 11.9 Å². The summed E-state index contributed by atoms with van der Waals surface area (Å²) >= 11 is 0. The van der Waals surface area contributed by atoms with E-state index in [2.05, 4.69) is 15.3 Å². The van der Waals surface area contributed by atoms with Gasteiger partial charge < -0.3 is 15.2 Å². The number of hydrogen-bond donors (Lipinski definition) is 2. The summed E-state index contributed by atoms with van der Waals surface area (Å²) in [5, 5.41) is 12.2. The summed E-state index contributed by atoms with van der Waals surface area (Å²) in [6.07, 6.45) is 4.63. The Labute approximate surface area is 119 Å². The van der Waals surface area contributed by atoms with E-state index in [4.69, 9.17) is 4.74 Å². The molecule has 0 spiro atoms. The average Bonchev–Trinajstić information content (AvgIpc) is 2.41. The van der Waals surface area contributed by atoms with Crippen LogP contribution in [-0.2, 0) is 4.79 Å². The SMILES string of the molecule is CCCOc1cncc(NCC(CC(C)C)C(=O)O)n1. The highest BCUT2D eigenvalue weighted by atomic mass is 16.5. The maximum Gasteiger partial charge on any atom is 0.308 e. The molecule has 0 aliphatic heterocycles. The molecule has 0 saturated heterocycles. The van der Waals surface area contributed by atoms with E-state index in [9.17, 15) is 9.90 Å². The van der Waals surface area contributed by atoms with Gasteiger partial charge >= 0.3 is 5.97 Å². The Morgan fingerprint density at radius 3 is 2.80 bits per heavy atom. The highest BCUT2D eigenvalue weighted by Gasteiger charge is 2.18. The summed E-state index contributed by atoms with van der Waals surface area (Å²) in [5.74, 6) is 0.0963. The van der Waals surface area contributed by atoms with Crippen LogP contribution < -0.4 is 10.1 Å². The first-order chi connectivity index (χ1) is 9.52. The molecule has 1 atom stereocenters. The van der Waals surface area contributed by atoms with Crippen LogP contribution in [0.2, 0.25) is 0 Å². The van der Waals surface area contributed by atoms with Crippen molar-refractivity contribution < 1.29 is 14.6 Å². The quantitative estimate of drug-likeness (QED) is 0.723. The number of aromatic nitrogens is 2. The largest absolute Gasteiger partial charge is 0.481 e. The molecule has 1 aromatic rings. The number of anilines is 1. The number of rotatable bonds is 9. The number of nitrogens with one attached hydrogen (secondary N) is 1. The van der Waals surface area contributed by atoms with E-state index >= 15 is 0 Å². The van der Waals surface area contributed by atoms with Gasteiger partial charge in [-0.1, -0.05) is 20.8 Å². The molecule has 0 bridgehead atoms. The molecule has 6 nitrogen and oxygen atoms in total. The molecule has 20 heavy (non-hydrogen) atoms. The molecule has 2 N–H and O–H groups in total. The standard InChI is InChI=1S/C14H23N3O3/c1-4-5-20-13-9-15-8-12(17-13)16-7-11(14(18)19)6-10(2)3/h8-11H,4-7H2,1-3H3,(H,16,17)(H,18,19). The molecule has 0 aromatic carbocycles. The zero-order valence-electron chi connectivity index (χ0n) is 12.3. The second-order valence-corrected chi connectivity index (χ2v) is 5.14. The van der Waals surface area contributed by atoms with Crippen LogP contribution in [-0.4, -0.2) is 34.2 Å². The van der Waals surface area contributed by atoms with E-state index in [1.54, 1.807) is 12.4 Å². The van der Waals surface area contributed by atoms with Gasteiger partial charge in [0, 0.05) is 6.54 Å². The first kappa shape index (κ1) is 16.2. The smallest absolute Gasteiger partial charge is 0.308 e. The lowest BCUT2D eigenvalue weighted by Crippen LogP contribution is -2.24. The Hall–Kier alpha value is -1.85. The summed E-state index contributed by atoms with van der Waals surface area (Å²) < 4.78 is 5.38. The van der Waals surface area contributed by atoms with Gasteiger partial charge in [0.2, 0.25) is 5.88 Å². The maximum atomic E-state index is 11.2. The van der Waals surface area contributed by atoms with Crippen LogP contribution in [0.1, 0.15) is 33.6 Å². The van der Waals surface area contributed by atoms with Crippen LogP contribution in [0.25, 0.3) is 0 Å². The molecule has 0 aliphatic carbocycles. The normalized spacial score (nSPS) is 12.2. The maximum absolute atomic E-state index is 11.2. The van der Waals surface area contributed by atoms with Crippen LogP contribution in [0.3, 0.4) is 0 Å². The first-order valence-electron chi connectivity index (χ1n) is 6.94. The van der Waals surface area contributed by atoms with Crippen molar-refractivity contribution in [1.29, 1.82) is 0 Å². The summed E-state index contributed by atoms with van der Waals surface area (Å²) in [6.45, 7) is 6.95. The second-order valence-electron chi connectivity index (χ2n) is 5.14. The molecule has 0 aliphatic rings. The Balaban J connectivity index is 2.56. The monoisotopic (exact) mass is 281 g/mol. The van der Waals surface area contributed by atoms with Crippen LogP contribution in [0.15, 0.2) is 12.4 Å². The number of aliphatic carboxylic acids is 1. The Morgan fingerprint density at radius 2 is 2.20 bits per heavy atom. The topological polar surface area (TPSA) is 84.3 Å². The lowest BCUT2D eigenvalue weighted by atomic mass is 9.97. The number of carboxylic acids is 1. The highest BCUT2D eigenvalue weighted by molar-refractivity contribution is 5.70. The lowest BCUT2D eigenvalue weighted by molar-refractivity contribution is -0.141. The van der Waals surface area contributed by atoms with Crippen molar-refractivity contribution >= 4 is 11.8 Å². The van der Waals surface area contributed by atoms with Crippen LogP contribution >= 0.6 is 0 Å². The minimum absolute atomic E-state index is 0.333. The second kappa shape index (κ2) is 8.35. The highest BCUT2D eigenvalue weighted by Crippen LogP contribution is 2.14. The number of hydrogen-bond acceptors (Lipinski definition) is 5. The van der Waals surface area contributed by atoms with Crippen molar-refractivity contribution in [1.82, 2.24) is 9.97 Å². The van der Waals surface area contributed by atoms with Crippen molar-refractivity contribution in [2.24, 2.45) is 11.8 Å². The number of carboxylic acid groups (broad SMARTS) is 1. The van der Waals surface area contributed by atoms with Crippen molar-refractivity contribution in [3.8, 4) is 5.88 Å². The van der Waals surface area contributed by atoms with E-state index in [-0.39, 0.29) is 0 Å². The summed E-state index contributed by atoms with van der Waals surface area (Å²) in [6, 6.07) is 0. The Bertz CT molecular complexity index is 424. The third-order valence-corrected chi connectivity index (χ3v) is 2.70. The van der Waals surface area contributed by atoms with Crippen molar-refractivity contribution in [2.75, 3.05) is 18.5 Å². The van der Waals surface area contributed by atoms with Gasteiger partial charge in [-0.2, -0.15) is 4.98 Å². The Morgan fingerprint density at radius 1 is 1.45 bits per heavy atom. The zero-order valence-corrected chi connectivity index (χ0v) is 12.3. The van der Waals surface area contributed by atoms with Gasteiger partial charge in [0.25, 0.3) is 0 Å². The van der Waals surface area contributed by atoms with Gasteiger partial charge in [0.1, 0.15) is 5.82 Å². The molecule has 0 saturated carbocycles. The fourth-order valence-electron chi connectivity index (χ4n) is 1.78. The minimum atomic E-state index is -0.794. The lowest BCUT2D eigenvalue weighted by Gasteiger charge is -2.15. The molecular formula is C14H23N3O3. The molecule has 0 radical (unpaired) electrons. The van der Waals surface area contributed by atoms with Crippen LogP contribution in [0.4, 0.5) is 5.82 Å². The van der Waals surface area contributed by atoms with Gasteiger partial charge in [-0.15, -0.1) is 0 Å². The van der Waals surface area contributed by atoms with Gasteiger partial charge in [-0.05, 0) is 18.8 Å². The molecular weight excluding hydrogens is 258 g/mol. The molecule has 1 unspecified atom stereocenters. The van der Waals surface area contributed by atoms with Gasteiger partial charge in [0.15, 0.2) is 0 Å². The third-order valence-electron chi connectivity index (χ3n) is 2.70. The third kappa shape index (κ3) is 5.86. The minimum Gasteiger partial charge on any atom is -0.481 e. The van der Waals surface area contributed by atoms with E-state index in [1.165, 1.54) is 0 Å². The molecule has 0 fully saturated rings. The molecule has 1 aromatic heterocycles. The van der Waals surface area contributed by atoms with Gasteiger partial charge in [-0.3, -0.25) is 9.78 Å². The molecule has 112 valence electrons. The fourth-order valence-corrected chi connectivity index (χ4v) is 1.78. The van der Waals surface area contributed by atoms with Crippen LogP contribution in [0.5, 0.6) is 5.88 Å². The predicted molar refractivity (Wildman–Crippen MR) is 76.9 cm³/mol. The number of nitrogens with zero attached hydrogens (tertiary/aromatic N) is 2. The van der Waals surface area contributed by atoms with E-state index in [0.29, 0.717) is 37.2 Å². The molecule has 0 amide bonds. The summed E-state index contributed by atoms with van der Waals surface area (Å²) in [7, 11) is 0. The van der Waals surface area contributed by atoms with Crippen molar-refractivity contribution in [3.63, 3.8) is 0 Å². The van der Waals surface area contributed by atoms with Crippen LogP contribution in [0, 0.1) is 11.8 Å². The van der Waals surface area contributed by atoms with Crippen molar-refractivity contribution in [3.05, 3.63) is 12.4 Å². The van der Waals surface area contributed by atoms with Crippen molar-refractivity contribution in [2.45, 2.75) is 33.6 Å². The Kier molecular flexibility index (Phi) is 6.76. The van der Waals surface area contributed by atoms with Gasteiger partial charge in [-0.25, -0.2) is 0 Å². The fraction of sp³-hybridized carbons (Fsp3) is 0.643. The molecule has 1 heterocycles. The summed E-state index contributed by atoms with van der Waals surface area (Å²) in [5.41, 5.74) is 0. The first-order valence-corrected chi connectivity index (χ1v) is 6.94. The predicted octanol–water partition coefficient (Wildman–Crippen LogP) is 2.42. The molecule has 1 rings (SSSR count).